The minimum absolute atomic E-state index is 0. The molecule has 1 aromatic carbocycles. The van der Waals surface area contributed by atoms with Gasteiger partial charge < -0.3 is 11.1 Å². The van der Waals surface area contributed by atoms with Gasteiger partial charge in [0, 0.05) is 6.54 Å². The van der Waals surface area contributed by atoms with Crippen molar-refractivity contribution in [3.05, 3.63) is 35.1 Å². The summed E-state index contributed by atoms with van der Waals surface area (Å²) in [5.74, 6) is 0.244. The van der Waals surface area contributed by atoms with Crippen LogP contribution >= 0.6 is 24.0 Å². The fourth-order valence-corrected chi connectivity index (χ4v) is 1.29. The van der Waals surface area contributed by atoms with Crippen LogP contribution in [0.3, 0.4) is 0 Å². The summed E-state index contributed by atoms with van der Waals surface area (Å²) in [5.41, 5.74) is 7.23. The van der Waals surface area contributed by atoms with Gasteiger partial charge in [-0.25, -0.2) is 9.38 Å². The Morgan fingerprint density at radius 3 is 2.76 bits per heavy atom. The number of benzene rings is 1. The molecule has 0 aliphatic heterocycles. The van der Waals surface area contributed by atoms with Crippen molar-refractivity contribution >= 4 is 29.9 Å². The third-order valence-corrected chi connectivity index (χ3v) is 2.21. The van der Waals surface area contributed by atoms with Gasteiger partial charge in [-0.05, 0) is 30.5 Å². The van der Waals surface area contributed by atoms with E-state index in [9.17, 15) is 4.39 Å². The summed E-state index contributed by atoms with van der Waals surface area (Å²) in [7, 11) is 0. The SMILES string of the molecule is CCCNC(N)=NCc1ccc(F)c(C)c1.I. The third kappa shape index (κ3) is 5.86. The smallest absolute Gasteiger partial charge is 0.188 e. The second-order valence-corrected chi connectivity index (χ2v) is 3.71. The lowest BCUT2D eigenvalue weighted by molar-refractivity contribution is 0.617. The molecule has 17 heavy (non-hydrogen) atoms. The number of guanidine groups is 1. The monoisotopic (exact) mass is 351 g/mol. The van der Waals surface area contributed by atoms with E-state index in [1.54, 1.807) is 19.1 Å². The minimum Gasteiger partial charge on any atom is -0.370 e. The van der Waals surface area contributed by atoms with Crippen molar-refractivity contribution in [2.45, 2.75) is 26.8 Å². The van der Waals surface area contributed by atoms with Gasteiger partial charge in [-0.3, -0.25) is 0 Å². The Morgan fingerprint density at radius 1 is 1.47 bits per heavy atom. The highest BCUT2D eigenvalue weighted by Crippen LogP contribution is 2.09. The number of halogens is 2. The number of nitrogens with one attached hydrogen (secondary N) is 1. The predicted octanol–water partition coefficient (Wildman–Crippen LogP) is 2.57. The molecule has 3 N–H and O–H groups in total. The van der Waals surface area contributed by atoms with Crippen LogP contribution in [0.2, 0.25) is 0 Å². The van der Waals surface area contributed by atoms with Gasteiger partial charge in [-0.15, -0.1) is 24.0 Å². The Kier molecular flexibility index (Phi) is 7.86. The Balaban J connectivity index is 0.00000256. The van der Waals surface area contributed by atoms with Crippen LogP contribution < -0.4 is 11.1 Å². The minimum atomic E-state index is -0.190. The first-order valence-electron chi connectivity index (χ1n) is 5.42. The largest absolute Gasteiger partial charge is 0.370 e. The van der Waals surface area contributed by atoms with Crippen LogP contribution in [0.5, 0.6) is 0 Å². The average Bonchev–Trinajstić information content (AvgIpc) is 2.28. The maximum Gasteiger partial charge on any atom is 0.188 e. The van der Waals surface area contributed by atoms with Crippen LogP contribution in [0, 0.1) is 12.7 Å². The Hall–Kier alpha value is -0.850. The van der Waals surface area contributed by atoms with Gasteiger partial charge in [0.25, 0.3) is 0 Å². The fraction of sp³-hybridized carbons (Fsp3) is 0.417. The van der Waals surface area contributed by atoms with Gasteiger partial charge in [0.1, 0.15) is 5.82 Å². The predicted molar refractivity (Wildman–Crippen MR) is 80.2 cm³/mol. The summed E-state index contributed by atoms with van der Waals surface area (Å²) in [6, 6.07) is 4.96. The second kappa shape index (κ2) is 8.27. The maximum atomic E-state index is 13.0. The zero-order chi connectivity index (χ0) is 12.0. The highest BCUT2D eigenvalue weighted by Gasteiger charge is 1.98. The van der Waals surface area contributed by atoms with E-state index in [1.807, 2.05) is 0 Å². The highest BCUT2D eigenvalue weighted by molar-refractivity contribution is 14.0. The van der Waals surface area contributed by atoms with E-state index in [1.165, 1.54) is 6.07 Å². The van der Waals surface area contributed by atoms with Crippen molar-refractivity contribution in [3.63, 3.8) is 0 Å². The van der Waals surface area contributed by atoms with Crippen molar-refractivity contribution in [1.82, 2.24) is 5.32 Å². The van der Waals surface area contributed by atoms with Gasteiger partial charge in [-0.2, -0.15) is 0 Å². The average molecular weight is 351 g/mol. The Morgan fingerprint density at radius 2 is 2.18 bits per heavy atom. The molecular weight excluding hydrogens is 332 g/mol. The van der Waals surface area contributed by atoms with Gasteiger partial charge in [-0.1, -0.05) is 19.1 Å². The van der Waals surface area contributed by atoms with Gasteiger partial charge in [0.2, 0.25) is 0 Å². The zero-order valence-electron chi connectivity index (χ0n) is 10.2. The van der Waals surface area contributed by atoms with E-state index in [0.717, 1.165) is 18.5 Å². The Bertz CT molecular complexity index is 380. The third-order valence-electron chi connectivity index (χ3n) is 2.21. The Labute approximate surface area is 119 Å². The molecule has 3 nitrogen and oxygen atoms in total. The molecule has 0 atom stereocenters. The number of aliphatic imine (C=N–C) groups is 1. The van der Waals surface area contributed by atoms with Crippen LogP contribution in [0.4, 0.5) is 4.39 Å². The molecule has 0 spiro atoms. The van der Waals surface area contributed by atoms with Crippen molar-refractivity contribution < 1.29 is 4.39 Å². The molecule has 0 bridgehead atoms. The molecule has 96 valence electrons. The summed E-state index contributed by atoms with van der Waals surface area (Å²) in [5, 5.41) is 2.98. The fourth-order valence-electron chi connectivity index (χ4n) is 1.29. The lowest BCUT2D eigenvalue weighted by Crippen LogP contribution is -2.32. The van der Waals surface area contributed by atoms with E-state index >= 15 is 0 Å². The van der Waals surface area contributed by atoms with Crippen molar-refractivity contribution in [2.75, 3.05) is 6.54 Å². The molecule has 0 amide bonds. The van der Waals surface area contributed by atoms with Crippen LogP contribution in [0.1, 0.15) is 24.5 Å². The van der Waals surface area contributed by atoms with E-state index < -0.39 is 0 Å². The maximum absolute atomic E-state index is 13.0. The number of hydrogen-bond donors (Lipinski definition) is 2. The van der Waals surface area contributed by atoms with Gasteiger partial charge >= 0.3 is 0 Å². The zero-order valence-corrected chi connectivity index (χ0v) is 12.5. The number of nitrogens with two attached hydrogens (primary N) is 1. The summed E-state index contributed by atoms with van der Waals surface area (Å²) in [4.78, 5) is 4.16. The van der Waals surface area contributed by atoms with E-state index in [2.05, 4.69) is 17.2 Å². The number of rotatable bonds is 4. The molecule has 1 aromatic rings. The van der Waals surface area contributed by atoms with Gasteiger partial charge in [0.05, 0.1) is 6.54 Å². The topological polar surface area (TPSA) is 50.4 Å². The molecule has 5 heteroatoms. The van der Waals surface area contributed by atoms with E-state index in [-0.39, 0.29) is 29.8 Å². The molecule has 0 fully saturated rings. The standard InChI is InChI=1S/C12H18FN3.HI/c1-3-6-15-12(14)16-8-10-4-5-11(13)9(2)7-10;/h4-5,7H,3,6,8H2,1-2H3,(H3,14,15,16);1H. The molecule has 0 saturated heterocycles. The van der Waals surface area contributed by atoms with Crippen LogP contribution in [0.15, 0.2) is 23.2 Å². The van der Waals surface area contributed by atoms with Gasteiger partial charge in [0.15, 0.2) is 5.96 Å². The van der Waals surface area contributed by atoms with Crippen LogP contribution in [-0.2, 0) is 6.54 Å². The summed E-state index contributed by atoms with van der Waals surface area (Å²) >= 11 is 0. The van der Waals surface area contributed by atoms with Crippen LogP contribution in [-0.4, -0.2) is 12.5 Å². The van der Waals surface area contributed by atoms with Crippen molar-refractivity contribution in [1.29, 1.82) is 0 Å². The van der Waals surface area contributed by atoms with E-state index in [4.69, 9.17) is 5.73 Å². The summed E-state index contributed by atoms with van der Waals surface area (Å²) < 4.78 is 13.0. The van der Waals surface area contributed by atoms with E-state index in [0.29, 0.717) is 18.1 Å². The molecule has 0 radical (unpaired) electrons. The quantitative estimate of drug-likeness (QED) is 0.498. The molecule has 1 rings (SSSR count). The highest BCUT2D eigenvalue weighted by atomic mass is 127. The van der Waals surface area contributed by atoms with Crippen molar-refractivity contribution in [2.24, 2.45) is 10.7 Å². The summed E-state index contributed by atoms with van der Waals surface area (Å²) in [6.45, 7) is 5.09. The van der Waals surface area contributed by atoms with Crippen molar-refractivity contribution in [3.8, 4) is 0 Å². The number of aryl methyl sites for hydroxylation is 1. The molecular formula is C12H19FIN3. The number of hydrogen-bond acceptors (Lipinski definition) is 1. The molecule has 0 heterocycles. The molecule has 0 aromatic heterocycles. The first-order valence-corrected chi connectivity index (χ1v) is 5.42. The normalized spacial score (nSPS) is 10.9. The molecule has 0 saturated carbocycles. The molecule has 0 unspecified atom stereocenters. The van der Waals surface area contributed by atoms with Crippen LogP contribution in [0.25, 0.3) is 0 Å². The second-order valence-electron chi connectivity index (χ2n) is 3.71. The lowest BCUT2D eigenvalue weighted by Gasteiger charge is -2.04. The molecule has 0 aliphatic rings. The molecule has 0 aliphatic carbocycles. The lowest BCUT2D eigenvalue weighted by atomic mass is 10.1. The summed E-state index contributed by atoms with van der Waals surface area (Å²) in [6.07, 6.45) is 1.01. The first kappa shape index (κ1) is 16.1. The first-order chi connectivity index (χ1) is 7.63. The number of nitrogens with zero attached hydrogens (tertiary/aromatic N) is 1.